The first-order valence-corrected chi connectivity index (χ1v) is 8.53. The van der Waals surface area contributed by atoms with Crippen LogP contribution >= 0.6 is 0 Å². The summed E-state index contributed by atoms with van der Waals surface area (Å²) in [5.74, 6) is 0.973. The average molecular weight is 307 g/mol. The monoisotopic (exact) mass is 307 g/mol. The van der Waals surface area contributed by atoms with Crippen LogP contribution in [0.2, 0.25) is 0 Å². The molecule has 0 saturated heterocycles. The van der Waals surface area contributed by atoms with E-state index in [-0.39, 0.29) is 0 Å². The van der Waals surface area contributed by atoms with Crippen molar-refractivity contribution in [1.82, 2.24) is 4.90 Å². The standard InChI is InChI=1S/C21H25NO/c1-3-8-19(9-4-1)18-20-10-12-21(13-11-20)23-17-7-16-22-14-5-2-6-15-22/h1-5,8-13H,6-7,14-18H2. The van der Waals surface area contributed by atoms with E-state index in [0.29, 0.717) is 0 Å². The molecule has 23 heavy (non-hydrogen) atoms. The number of rotatable bonds is 7. The summed E-state index contributed by atoms with van der Waals surface area (Å²) in [6.45, 7) is 4.19. The molecule has 1 aliphatic rings. The molecule has 2 aromatic rings. The molecule has 0 aromatic heterocycles. The molecule has 0 saturated carbocycles. The Hall–Kier alpha value is -2.06. The van der Waals surface area contributed by atoms with Crippen LogP contribution in [0.4, 0.5) is 0 Å². The number of benzene rings is 2. The van der Waals surface area contributed by atoms with Gasteiger partial charge in [0, 0.05) is 19.6 Å². The van der Waals surface area contributed by atoms with Crippen molar-refractivity contribution in [2.45, 2.75) is 19.3 Å². The largest absolute Gasteiger partial charge is 0.494 e. The lowest BCUT2D eigenvalue weighted by molar-refractivity contribution is 0.247. The zero-order chi connectivity index (χ0) is 15.7. The molecule has 0 amide bonds. The van der Waals surface area contributed by atoms with Crippen LogP contribution in [0.1, 0.15) is 24.0 Å². The minimum absolute atomic E-state index is 0.790. The first kappa shape index (κ1) is 15.8. The van der Waals surface area contributed by atoms with Crippen LogP contribution in [0.3, 0.4) is 0 Å². The SMILES string of the molecule is C1=CCN(CCCOc2ccc(Cc3ccccc3)cc2)CC1. The molecule has 0 unspecified atom stereocenters. The van der Waals surface area contributed by atoms with E-state index in [1.54, 1.807) is 0 Å². The van der Waals surface area contributed by atoms with Gasteiger partial charge in [-0.25, -0.2) is 0 Å². The molecule has 0 aliphatic carbocycles. The lowest BCUT2D eigenvalue weighted by atomic mass is 10.1. The quantitative estimate of drug-likeness (QED) is 0.558. The third-order valence-corrected chi connectivity index (χ3v) is 4.20. The third kappa shape index (κ3) is 5.26. The van der Waals surface area contributed by atoms with Crippen LogP contribution in [0, 0.1) is 0 Å². The van der Waals surface area contributed by atoms with Gasteiger partial charge < -0.3 is 4.74 Å². The van der Waals surface area contributed by atoms with Crippen LogP contribution < -0.4 is 4.74 Å². The highest BCUT2D eigenvalue weighted by atomic mass is 16.5. The van der Waals surface area contributed by atoms with Crippen molar-refractivity contribution in [2.75, 3.05) is 26.2 Å². The first-order valence-electron chi connectivity index (χ1n) is 8.53. The minimum atomic E-state index is 0.790. The van der Waals surface area contributed by atoms with Crippen molar-refractivity contribution in [3.63, 3.8) is 0 Å². The number of hydrogen-bond acceptors (Lipinski definition) is 2. The summed E-state index contributed by atoms with van der Waals surface area (Å²) in [4.78, 5) is 2.48. The molecule has 120 valence electrons. The fourth-order valence-electron chi connectivity index (χ4n) is 2.91. The van der Waals surface area contributed by atoms with E-state index >= 15 is 0 Å². The van der Waals surface area contributed by atoms with Crippen molar-refractivity contribution in [3.8, 4) is 5.75 Å². The van der Waals surface area contributed by atoms with Crippen LogP contribution in [0.25, 0.3) is 0 Å². The zero-order valence-electron chi connectivity index (χ0n) is 13.7. The van der Waals surface area contributed by atoms with Crippen molar-refractivity contribution in [3.05, 3.63) is 77.9 Å². The molecular formula is C21H25NO. The smallest absolute Gasteiger partial charge is 0.119 e. The van der Waals surface area contributed by atoms with E-state index in [2.05, 4.69) is 71.6 Å². The van der Waals surface area contributed by atoms with E-state index in [1.807, 2.05) is 0 Å². The van der Waals surface area contributed by atoms with E-state index in [1.165, 1.54) is 24.1 Å². The lowest BCUT2D eigenvalue weighted by Crippen LogP contribution is -2.29. The van der Waals surface area contributed by atoms with Gasteiger partial charge in [0.05, 0.1) is 6.61 Å². The molecule has 2 heteroatoms. The fourth-order valence-corrected chi connectivity index (χ4v) is 2.91. The molecule has 0 atom stereocenters. The molecule has 1 aliphatic heterocycles. The first-order chi connectivity index (χ1) is 11.4. The normalized spacial score (nSPS) is 14.8. The molecule has 1 heterocycles. The van der Waals surface area contributed by atoms with Crippen molar-refractivity contribution in [2.24, 2.45) is 0 Å². The molecule has 2 aromatic carbocycles. The molecule has 0 fully saturated rings. The van der Waals surface area contributed by atoms with E-state index in [0.717, 1.165) is 38.3 Å². The third-order valence-electron chi connectivity index (χ3n) is 4.20. The summed E-state index contributed by atoms with van der Waals surface area (Å²) in [6, 6.07) is 19.1. The van der Waals surface area contributed by atoms with Crippen LogP contribution in [-0.2, 0) is 6.42 Å². The highest BCUT2D eigenvalue weighted by molar-refractivity contribution is 5.31. The van der Waals surface area contributed by atoms with Crippen LogP contribution in [0.15, 0.2) is 66.7 Å². The average Bonchev–Trinajstić information content (AvgIpc) is 2.62. The predicted molar refractivity (Wildman–Crippen MR) is 96.0 cm³/mol. The summed E-state index contributed by atoms with van der Waals surface area (Å²) >= 11 is 0. The van der Waals surface area contributed by atoms with Crippen molar-refractivity contribution >= 4 is 0 Å². The highest BCUT2D eigenvalue weighted by Crippen LogP contribution is 2.15. The van der Waals surface area contributed by atoms with Gasteiger partial charge >= 0.3 is 0 Å². The second-order valence-electron chi connectivity index (χ2n) is 6.07. The summed E-state index contributed by atoms with van der Waals surface area (Å²) in [7, 11) is 0. The van der Waals surface area contributed by atoms with Gasteiger partial charge in [0.25, 0.3) is 0 Å². The van der Waals surface area contributed by atoms with Gasteiger partial charge in [0.15, 0.2) is 0 Å². The van der Waals surface area contributed by atoms with Gasteiger partial charge in [0.2, 0.25) is 0 Å². The van der Waals surface area contributed by atoms with Gasteiger partial charge in [-0.05, 0) is 42.5 Å². The van der Waals surface area contributed by atoms with Gasteiger partial charge in [-0.2, -0.15) is 0 Å². The maximum Gasteiger partial charge on any atom is 0.119 e. The summed E-state index contributed by atoms with van der Waals surface area (Å²) < 4.78 is 5.86. The Morgan fingerprint density at radius 2 is 1.65 bits per heavy atom. The molecule has 2 nitrogen and oxygen atoms in total. The number of nitrogens with zero attached hydrogens (tertiary/aromatic N) is 1. The van der Waals surface area contributed by atoms with Gasteiger partial charge in [-0.15, -0.1) is 0 Å². The maximum atomic E-state index is 5.86. The lowest BCUT2D eigenvalue weighted by Gasteiger charge is -2.22. The zero-order valence-corrected chi connectivity index (χ0v) is 13.7. The van der Waals surface area contributed by atoms with Gasteiger partial charge in [0.1, 0.15) is 5.75 Å². The van der Waals surface area contributed by atoms with Gasteiger partial charge in [-0.3, -0.25) is 4.90 Å². The van der Waals surface area contributed by atoms with E-state index < -0.39 is 0 Å². The Morgan fingerprint density at radius 1 is 0.870 bits per heavy atom. The topological polar surface area (TPSA) is 12.5 Å². The molecular weight excluding hydrogens is 282 g/mol. The van der Waals surface area contributed by atoms with Crippen molar-refractivity contribution in [1.29, 1.82) is 0 Å². The van der Waals surface area contributed by atoms with Gasteiger partial charge in [-0.1, -0.05) is 54.6 Å². The Kier molecular flexibility index (Phi) is 5.87. The molecule has 0 spiro atoms. The Bertz CT molecular complexity index is 603. The molecule has 0 N–H and O–H groups in total. The second kappa shape index (κ2) is 8.54. The van der Waals surface area contributed by atoms with Crippen LogP contribution in [-0.4, -0.2) is 31.1 Å². The maximum absolute atomic E-state index is 5.86. The van der Waals surface area contributed by atoms with Crippen molar-refractivity contribution < 1.29 is 4.74 Å². The molecule has 3 rings (SSSR count). The predicted octanol–water partition coefficient (Wildman–Crippen LogP) is 4.31. The number of hydrogen-bond donors (Lipinski definition) is 0. The highest BCUT2D eigenvalue weighted by Gasteiger charge is 2.05. The molecule has 0 radical (unpaired) electrons. The summed E-state index contributed by atoms with van der Waals surface area (Å²) in [5, 5.41) is 0. The summed E-state index contributed by atoms with van der Waals surface area (Å²) in [6.07, 6.45) is 7.77. The Morgan fingerprint density at radius 3 is 2.39 bits per heavy atom. The summed E-state index contributed by atoms with van der Waals surface area (Å²) in [5.41, 5.74) is 2.67. The Labute approximate surface area is 139 Å². The second-order valence-corrected chi connectivity index (χ2v) is 6.07. The minimum Gasteiger partial charge on any atom is -0.494 e. The number of ether oxygens (including phenoxy) is 1. The van der Waals surface area contributed by atoms with Crippen LogP contribution in [0.5, 0.6) is 5.75 Å². The Balaban J connectivity index is 1.40. The van der Waals surface area contributed by atoms with E-state index in [9.17, 15) is 0 Å². The van der Waals surface area contributed by atoms with E-state index in [4.69, 9.17) is 4.74 Å². The molecule has 0 bridgehead atoms. The fraction of sp³-hybridized carbons (Fsp3) is 0.333.